The van der Waals surface area contributed by atoms with Crippen LogP contribution in [-0.2, 0) is 36.9 Å². The van der Waals surface area contributed by atoms with Crippen molar-refractivity contribution in [2.75, 3.05) is 31.9 Å². The largest absolute Gasteiger partial charge is 0.412 e. The molecule has 2 aliphatic carbocycles. The highest BCUT2D eigenvalue weighted by atomic mass is 16.2. The Kier molecular flexibility index (Phi) is 11.1. The molecule has 3 aliphatic rings. The van der Waals surface area contributed by atoms with Gasteiger partial charge in [-0.1, -0.05) is 49.7 Å². The van der Waals surface area contributed by atoms with Gasteiger partial charge in [0, 0.05) is 15.1 Å². The van der Waals surface area contributed by atoms with E-state index in [2.05, 4.69) is 47.5 Å². The third-order valence-electron chi connectivity index (χ3n) is 7.19. The fourth-order valence-electron chi connectivity index (χ4n) is 5.34. The molecule has 2 aromatic rings. The summed E-state index contributed by atoms with van der Waals surface area (Å²) in [5.74, 6) is 0.161. The summed E-state index contributed by atoms with van der Waals surface area (Å²) in [6.45, 7) is 5.53. The number of nitrogens with zero attached hydrogens (tertiary/aromatic N) is 1. The number of carbonyl (C=O) groups excluding carboxylic acids is 1. The van der Waals surface area contributed by atoms with Gasteiger partial charge in [0.2, 0.25) is 5.91 Å². The first kappa shape index (κ1) is 27.9. The number of amides is 1. The normalized spacial score (nSPS) is 16.3. The third-order valence-corrected chi connectivity index (χ3v) is 7.19. The molecule has 0 radical (unpaired) electrons. The van der Waals surface area contributed by atoms with E-state index in [-0.39, 0.29) is 21.7 Å². The van der Waals surface area contributed by atoms with E-state index < -0.39 is 0 Å². The molecular weight excluding hydrogens is 422 g/mol. The van der Waals surface area contributed by atoms with Crippen LogP contribution in [0.1, 0.15) is 75.8 Å². The molecular formula is C29H49N3O2. The van der Waals surface area contributed by atoms with Gasteiger partial charge in [-0.05, 0) is 106 Å². The molecule has 0 spiro atoms. The Labute approximate surface area is 209 Å². The fraction of sp³-hybridized carbons (Fsp3) is 0.552. The Morgan fingerprint density at radius 2 is 1.53 bits per heavy atom. The van der Waals surface area contributed by atoms with Crippen LogP contribution < -0.4 is 11.1 Å². The fourth-order valence-corrected chi connectivity index (χ4v) is 5.34. The lowest BCUT2D eigenvalue weighted by Crippen LogP contribution is -2.40. The van der Waals surface area contributed by atoms with E-state index in [0.717, 1.165) is 31.7 Å². The second-order valence-corrected chi connectivity index (χ2v) is 9.70. The minimum atomic E-state index is 0. The molecule has 0 bridgehead atoms. The zero-order valence-corrected chi connectivity index (χ0v) is 20.2. The van der Waals surface area contributed by atoms with Crippen LogP contribution in [0, 0.1) is 6.92 Å². The van der Waals surface area contributed by atoms with Crippen LogP contribution in [-0.4, -0.2) is 42.5 Å². The highest BCUT2D eigenvalue weighted by Crippen LogP contribution is 2.36. The summed E-state index contributed by atoms with van der Waals surface area (Å²) in [7, 11) is 0. The summed E-state index contributed by atoms with van der Waals surface area (Å²) in [6, 6.07) is 10.9. The molecule has 2 aromatic carbocycles. The number of aryl methyl sites for hydroxylation is 3. The average molecular weight is 472 g/mol. The van der Waals surface area contributed by atoms with Gasteiger partial charge in [0.25, 0.3) is 0 Å². The SMILES string of the molecule is C.Cc1ccc(CCNC(=O)CN2CCCCC2)cc1.Nc1c2c(cc3c1CCC3)CCC2.O.[HH].[HH]. The lowest BCUT2D eigenvalue weighted by atomic mass is 9.99. The van der Waals surface area contributed by atoms with Crippen molar-refractivity contribution in [3.63, 3.8) is 0 Å². The predicted octanol–water partition coefficient (Wildman–Crippen LogP) is 4.69. The summed E-state index contributed by atoms with van der Waals surface area (Å²) < 4.78 is 0. The van der Waals surface area contributed by atoms with Gasteiger partial charge < -0.3 is 16.5 Å². The summed E-state index contributed by atoms with van der Waals surface area (Å²) in [6.07, 6.45) is 12.2. The van der Waals surface area contributed by atoms with Crippen molar-refractivity contribution in [2.45, 2.75) is 78.6 Å². The Balaban J connectivity index is 0.000000640. The predicted molar refractivity (Wildman–Crippen MR) is 148 cm³/mol. The maximum absolute atomic E-state index is 11.8. The van der Waals surface area contributed by atoms with E-state index in [1.807, 2.05) is 0 Å². The Morgan fingerprint density at radius 3 is 2.12 bits per heavy atom. The van der Waals surface area contributed by atoms with E-state index in [1.165, 1.54) is 91.2 Å². The molecule has 0 atom stereocenters. The van der Waals surface area contributed by atoms with Crippen molar-refractivity contribution in [1.82, 2.24) is 10.2 Å². The first-order valence-electron chi connectivity index (χ1n) is 12.6. The molecule has 5 rings (SSSR count). The lowest BCUT2D eigenvalue weighted by molar-refractivity contribution is -0.122. The number of hydrogen-bond acceptors (Lipinski definition) is 3. The van der Waals surface area contributed by atoms with E-state index in [0.29, 0.717) is 6.54 Å². The number of benzene rings is 2. The van der Waals surface area contributed by atoms with Crippen molar-refractivity contribution in [3.05, 3.63) is 63.7 Å². The maximum Gasteiger partial charge on any atom is 0.234 e. The molecule has 5 N–H and O–H groups in total. The van der Waals surface area contributed by atoms with Crippen molar-refractivity contribution in [3.8, 4) is 0 Å². The topological polar surface area (TPSA) is 89.9 Å². The van der Waals surface area contributed by atoms with Crippen LogP contribution >= 0.6 is 0 Å². The minimum Gasteiger partial charge on any atom is -0.412 e. The van der Waals surface area contributed by atoms with Gasteiger partial charge in [0.1, 0.15) is 0 Å². The summed E-state index contributed by atoms with van der Waals surface area (Å²) in [4.78, 5) is 14.1. The molecule has 5 nitrogen and oxygen atoms in total. The number of hydrogen-bond donors (Lipinski definition) is 2. The quantitative estimate of drug-likeness (QED) is 0.620. The van der Waals surface area contributed by atoms with Crippen LogP contribution in [0.3, 0.4) is 0 Å². The molecule has 0 saturated carbocycles. The number of nitrogens with one attached hydrogen (secondary N) is 1. The van der Waals surface area contributed by atoms with Gasteiger partial charge in [0.15, 0.2) is 0 Å². The van der Waals surface area contributed by atoms with E-state index in [4.69, 9.17) is 5.73 Å². The summed E-state index contributed by atoms with van der Waals surface area (Å²) >= 11 is 0. The van der Waals surface area contributed by atoms with Crippen LogP contribution in [0.4, 0.5) is 5.69 Å². The molecule has 1 fully saturated rings. The molecule has 1 aliphatic heterocycles. The Hall–Kier alpha value is -2.37. The number of nitrogens with two attached hydrogens (primary N) is 1. The number of rotatable bonds is 5. The lowest BCUT2D eigenvalue weighted by Gasteiger charge is -2.25. The zero-order valence-electron chi connectivity index (χ0n) is 20.2. The molecule has 0 aromatic heterocycles. The highest BCUT2D eigenvalue weighted by molar-refractivity contribution is 5.78. The van der Waals surface area contributed by atoms with Gasteiger partial charge in [-0.2, -0.15) is 0 Å². The standard InChI is InChI=1S/C16H24N2O.C12H15N.CH4.H2O.2H2/c1-14-5-7-15(8-6-14)9-10-17-16(19)13-18-11-3-2-4-12-18;13-12-10-5-1-3-8(10)7-9-4-2-6-11(9)12;;;;/h5-8H,2-4,9-13H2,1H3,(H,17,19);7H,1-6,13H2;1H4;1H2;2*1H. The summed E-state index contributed by atoms with van der Waals surface area (Å²) in [5, 5.41) is 3.01. The van der Waals surface area contributed by atoms with Gasteiger partial charge in [0.05, 0.1) is 6.54 Å². The maximum atomic E-state index is 11.8. The highest BCUT2D eigenvalue weighted by Gasteiger charge is 2.21. The van der Waals surface area contributed by atoms with Crippen molar-refractivity contribution >= 4 is 11.6 Å². The average Bonchev–Trinajstić information content (AvgIpc) is 3.46. The number of carbonyl (C=O) groups is 1. The molecule has 192 valence electrons. The van der Waals surface area contributed by atoms with Crippen molar-refractivity contribution in [2.24, 2.45) is 0 Å². The first-order chi connectivity index (χ1) is 15.6. The van der Waals surface area contributed by atoms with Crippen LogP contribution in [0.5, 0.6) is 0 Å². The monoisotopic (exact) mass is 471 g/mol. The molecule has 34 heavy (non-hydrogen) atoms. The number of piperidine rings is 1. The Bertz CT molecular complexity index is 897. The minimum absolute atomic E-state index is 0. The molecule has 5 heteroatoms. The molecule has 1 amide bonds. The van der Waals surface area contributed by atoms with E-state index >= 15 is 0 Å². The van der Waals surface area contributed by atoms with Gasteiger partial charge in [-0.15, -0.1) is 0 Å². The first-order valence-corrected chi connectivity index (χ1v) is 12.6. The second-order valence-electron chi connectivity index (χ2n) is 9.70. The van der Waals surface area contributed by atoms with Gasteiger partial charge in [-0.25, -0.2) is 0 Å². The number of fused-ring (bicyclic) bond motifs is 2. The summed E-state index contributed by atoms with van der Waals surface area (Å²) in [5.41, 5.74) is 15.9. The molecule has 1 heterocycles. The molecule has 1 saturated heterocycles. The van der Waals surface area contributed by atoms with Crippen LogP contribution in [0.15, 0.2) is 30.3 Å². The van der Waals surface area contributed by atoms with Crippen molar-refractivity contribution < 1.29 is 13.1 Å². The zero-order chi connectivity index (χ0) is 22.3. The van der Waals surface area contributed by atoms with Gasteiger partial charge in [-0.3, -0.25) is 9.69 Å². The number of anilines is 1. The van der Waals surface area contributed by atoms with Crippen molar-refractivity contribution in [1.29, 1.82) is 0 Å². The second kappa shape index (κ2) is 13.5. The number of likely N-dealkylation sites (tertiary alicyclic amines) is 1. The molecule has 0 unspecified atom stereocenters. The van der Waals surface area contributed by atoms with E-state index in [9.17, 15) is 4.79 Å². The third kappa shape index (κ3) is 7.31. The Morgan fingerprint density at radius 1 is 0.941 bits per heavy atom. The van der Waals surface area contributed by atoms with Crippen LogP contribution in [0.2, 0.25) is 0 Å². The van der Waals surface area contributed by atoms with Gasteiger partial charge >= 0.3 is 0 Å². The smallest absolute Gasteiger partial charge is 0.234 e. The van der Waals surface area contributed by atoms with E-state index in [1.54, 1.807) is 0 Å². The number of nitrogen functional groups attached to an aromatic ring is 1. The van der Waals surface area contributed by atoms with Crippen LogP contribution in [0.25, 0.3) is 0 Å².